The number of likely N-dealkylation sites (tertiary alicyclic amines) is 1. The van der Waals surface area contributed by atoms with Crippen molar-refractivity contribution in [2.24, 2.45) is 0 Å². The molecule has 1 saturated heterocycles. The highest BCUT2D eigenvalue weighted by molar-refractivity contribution is 5.72. The number of carboxylic acid groups (broad SMARTS) is 1. The zero-order valence-electron chi connectivity index (χ0n) is 9.19. The van der Waals surface area contributed by atoms with Crippen LogP contribution in [0.4, 0.5) is 4.79 Å². The number of hydrogen-bond acceptors (Lipinski definition) is 2. The van der Waals surface area contributed by atoms with Crippen molar-refractivity contribution in [2.75, 3.05) is 0 Å². The Labute approximate surface area is 90.3 Å². The van der Waals surface area contributed by atoms with E-state index in [0.29, 0.717) is 6.42 Å². The van der Waals surface area contributed by atoms with Gasteiger partial charge < -0.3 is 9.90 Å². The van der Waals surface area contributed by atoms with Gasteiger partial charge in [-0.05, 0) is 19.3 Å². The zero-order chi connectivity index (χ0) is 11.3. The van der Waals surface area contributed by atoms with E-state index in [9.17, 15) is 9.59 Å². The number of rotatable bonds is 3. The van der Waals surface area contributed by atoms with Crippen molar-refractivity contribution in [3.63, 3.8) is 0 Å². The van der Waals surface area contributed by atoms with Crippen LogP contribution >= 0.6 is 0 Å². The van der Waals surface area contributed by atoms with Gasteiger partial charge in [-0.15, -0.1) is 0 Å². The molecule has 0 aromatic carbocycles. The van der Waals surface area contributed by atoms with Gasteiger partial charge in [0.05, 0.1) is 6.04 Å². The summed E-state index contributed by atoms with van der Waals surface area (Å²) in [4.78, 5) is 23.4. The number of carbonyl (C=O) groups excluding carboxylic acids is 1. The highest BCUT2D eigenvalue weighted by Crippen LogP contribution is 2.24. The fraction of sp³-hybridized carbons (Fsp3) is 0.818. The second kappa shape index (κ2) is 5.73. The number of amides is 1. The summed E-state index contributed by atoms with van der Waals surface area (Å²) >= 11 is 0. The monoisotopic (exact) mass is 213 g/mol. The molecule has 1 heterocycles. The summed E-state index contributed by atoms with van der Waals surface area (Å²) in [6.45, 7) is 2.04. The van der Waals surface area contributed by atoms with Gasteiger partial charge in [-0.2, -0.15) is 0 Å². The molecule has 1 aliphatic rings. The lowest BCUT2D eigenvalue weighted by molar-refractivity contribution is -0.112. The maximum Gasteiger partial charge on any atom is 0.408 e. The van der Waals surface area contributed by atoms with Crippen LogP contribution in [0, 0.1) is 0 Å². The second-order valence-corrected chi connectivity index (χ2v) is 4.12. The van der Waals surface area contributed by atoms with Crippen LogP contribution < -0.4 is 0 Å². The third-order valence-corrected chi connectivity index (χ3v) is 3.04. The predicted octanol–water partition coefficient (Wildman–Crippen LogP) is 2.28. The average Bonchev–Trinajstić information content (AvgIpc) is 2.40. The van der Waals surface area contributed by atoms with E-state index in [1.54, 1.807) is 0 Å². The summed E-state index contributed by atoms with van der Waals surface area (Å²) in [5.41, 5.74) is 0. The summed E-state index contributed by atoms with van der Waals surface area (Å²) in [7, 11) is 0. The van der Waals surface area contributed by atoms with Crippen LogP contribution in [0.15, 0.2) is 0 Å². The smallest absolute Gasteiger partial charge is 0.408 e. The lowest BCUT2D eigenvalue weighted by Crippen LogP contribution is -2.46. The van der Waals surface area contributed by atoms with Crippen LogP contribution in [0.3, 0.4) is 0 Å². The molecule has 4 nitrogen and oxygen atoms in total. The molecule has 0 aromatic rings. The normalized spacial score (nSPS) is 27.1. The minimum absolute atomic E-state index is 0.0326. The van der Waals surface area contributed by atoms with Gasteiger partial charge in [0.15, 0.2) is 0 Å². The zero-order valence-corrected chi connectivity index (χ0v) is 9.19. The minimum Gasteiger partial charge on any atom is -0.465 e. The maximum absolute atomic E-state index is 11.1. The van der Waals surface area contributed by atoms with Gasteiger partial charge in [0.25, 0.3) is 0 Å². The second-order valence-electron chi connectivity index (χ2n) is 4.12. The van der Waals surface area contributed by atoms with Gasteiger partial charge in [0.2, 0.25) is 0 Å². The van der Waals surface area contributed by atoms with Crippen molar-refractivity contribution in [3.8, 4) is 0 Å². The van der Waals surface area contributed by atoms with Gasteiger partial charge in [0, 0.05) is 6.04 Å². The largest absolute Gasteiger partial charge is 0.465 e. The minimum atomic E-state index is -0.951. The molecule has 1 rings (SSSR count). The van der Waals surface area contributed by atoms with E-state index in [1.165, 1.54) is 4.90 Å². The van der Waals surface area contributed by atoms with Crippen LogP contribution in [0.1, 0.15) is 45.4 Å². The first kappa shape index (κ1) is 12.0. The Morgan fingerprint density at radius 3 is 2.67 bits per heavy atom. The van der Waals surface area contributed by atoms with E-state index in [4.69, 9.17) is 5.11 Å². The van der Waals surface area contributed by atoms with Crippen molar-refractivity contribution in [1.82, 2.24) is 4.90 Å². The molecule has 0 bridgehead atoms. The Morgan fingerprint density at radius 1 is 1.47 bits per heavy atom. The van der Waals surface area contributed by atoms with E-state index in [2.05, 4.69) is 0 Å². The fourth-order valence-electron chi connectivity index (χ4n) is 2.33. The maximum atomic E-state index is 11.1. The number of nitrogens with zero attached hydrogens (tertiary/aromatic N) is 1. The van der Waals surface area contributed by atoms with Gasteiger partial charge in [-0.3, -0.25) is 4.90 Å². The van der Waals surface area contributed by atoms with Crippen molar-refractivity contribution in [2.45, 2.75) is 57.5 Å². The van der Waals surface area contributed by atoms with Crippen molar-refractivity contribution >= 4 is 12.4 Å². The fourth-order valence-corrected chi connectivity index (χ4v) is 2.33. The molecule has 0 unspecified atom stereocenters. The molecule has 1 fully saturated rings. The SMILES string of the molecule is CCC[C@@H]1CCCC[C@H](C=O)N1C(=O)O. The van der Waals surface area contributed by atoms with Crippen LogP contribution in [-0.2, 0) is 4.79 Å². The van der Waals surface area contributed by atoms with Crippen molar-refractivity contribution in [3.05, 3.63) is 0 Å². The molecule has 86 valence electrons. The predicted molar refractivity (Wildman–Crippen MR) is 56.9 cm³/mol. The average molecular weight is 213 g/mol. The quantitative estimate of drug-likeness (QED) is 0.732. The molecule has 0 saturated carbocycles. The molecule has 15 heavy (non-hydrogen) atoms. The Bertz CT molecular complexity index is 230. The number of hydrogen-bond donors (Lipinski definition) is 1. The van der Waals surface area contributed by atoms with Gasteiger partial charge in [0.1, 0.15) is 6.29 Å². The van der Waals surface area contributed by atoms with Crippen molar-refractivity contribution in [1.29, 1.82) is 0 Å². The first-order chi connectivity index (χ1) is 7.20. The van der Waals surface area contributed by atoms with Gasteiger partial charge in [-0.25, -0.2) is 4.79 Å². The van der Waals surface area contributed by atoms with Gasteiger partial charge in [-0.1, -0.05) is 26.2 Å². The number of aldehydes is 1. The Hall–Kier alpha value is -1.06. The first-order valence-corrected chi connectivity index (χ1v) is 5.67. The van der Waals surface area contributed by atoms with Crippen LogP contribution in [-0.4, -0.2) is 34.5 Å². The molecular weight excluding hydrogens is 194 g/mol. The number of carbonyl (C=O) groups is 2. The standard InChI is InChI=1S/C11H19NO3/c1-2-5-9-6-3-4-7-10(8-13)12(9)11(14)15/h8-10H,2-7H2,1H3,(H,14,15)/t9-,10-/m1/s1. The highest BCUT2D eigenvalue weighted by Gasteiger charge is 2.31. The Morgan fingerprint density at radius 2 is 2.13 bits per heavy atom. The van der Waals surface area contributed by atoms with Crippen LogP contribution in [0.25, 0.3) is 0 Å². The summed E-state index contributed by atoms with van der Waals surface area (Å²) in [6.07, 6.45) is 5.19. The summed E-state index contributed by atoms with van der Waals surface area (Å²) in [6, 6.07) is -0.397. The molecule has 0 spiro atoms. The van der Waals surface area contributed by atoms with Crippen LogP contribution in [0.2, 0.25) is 0 Å². The van der Waals surface area contributed by atoms with E-state index in [-0.39, 0.29) is 6.04 Å². The van der Waals surface area contributed by atoms with E-state index < -0.39 is 12.1 Å². The molecule has 0 aromatic heterocycles. The van der Waals surface area contributed by atoms with Crippen molar-refractivity contribution < 1.29 is 14.7 Å². The Balaban J connectivity index is 2.80. The third kappa shape index (κ3) is 2.94. The molecule has 0 aliphatic carbocycles. The third-order valence-electron chi connectivity index (χ3n) is 3.04. The highest BCUT2D eigenvalue weighted by atomic mass is 16.4. The topological polar surface area (TPSA) is 57.6 Å². The van der Waals surface area contributed by atoms with E-state index in [0.717, 1.165) is 38.4 Å². The van der Waals surface area contributed by atoms with E-state index >= 15 is 0 Å². The lowest BCUT2D eigenvalue weighted by Gasteiger charge is -2.31. The van der Waals surface area contributed by atoms with E-state index in [1.807, 2.05) is 6.92 Å². The molecule has 1 aliphatic heterocycles. The van der Waals surface area contributed by atoms with Crippen LogP contribution in [0.5, 0.6) is 0 Å². The van der Waals surface area contributed by atoms with Gasteiger partial charge >= 0.3 is 6.09 Å². The summed E-state index contributed by atoms with van der Waals surface area (Å²) in [5, 5.41) is 9.13. The summed E-state index contributed by atoms with van der Waals surface area (Å²) < 4.78 is 0. The first-order valence-electron chi connectivity index (χ1n) is 5.67. The molecule has 0 radical (unpaired) electrons. The molecular formula is C11H19NO3. The molecule has 1 N–H and O–H groups in total. The summed E-state index contributed by atoms with van der Waals surface area (Å²) in [5.74, 6) is 0. The molecule has 2 atom stereocenters. The molecule has 4 heteroatoms. The molecule has 1 amide bonds. The lowest BCUT2D eigenvalue weighted by atomic mass is 10.1. The Kier molecular flexibility index (Phi) is 4.59.